The van der Waals surface area contributed by atoms with E-state index in [9.17, 15) is 4.79 Å². The Morgan fingerprint density at radius 1 is 1.30 bits per heavy atom. The van der Waals surface area contributed by atoms with E-state index >= 15 is 0 Å². The summed E-state index contributed by atoms with van der Waals surface area (Å²) in [6.45, 7) is 4.30. The molecule has 1 aromatic carbocycles. The molecule has 27 heavy (non-hydrogen) atoms. The molecule has 138 valence electrons. The van der Waals surface area contributed by atoms with Crippen LogP contribution in [0.25, 0.3) is 5.57 Å². The number of thioether (sulfide) groups is 1. The molecule has 1 aromatic heterocycles. The number of imidazole rings is 1. The third-order valence-corrected chi connectivity index (χ3v) is 6.90. The molecular formula is C20H20N4O2S. The molecule has 6 nitrogen and oxygen atoms in total. The minimum Gasteiger partial charge on any atom is -0.365 e. The number of allylic oxidation sites excluding steroid dienone is 1. The molecule has 5 rings (SSSR count). The summed E-state index contributed by atoms with van der Waals surface area (Å²) < 4.78 is 6.23. The number of likely N-dealkylation sites (tertiary alicyclic amines) is 1. The van der Waals surface area contributed by atoms with Crippen LogP contribution in [0.5, 0.6) is 0 Å². The van der Waals surface area contributed by atoms with Gasteiger partial charge in [0.15, 0.2) is 5.17 Å². The second kappa shape index (κ2) is 6.35. The predicted octanol–water partition coefficient (Wildman–Crippen LogP) is 3.29. The van der Waals surface area contributed by atoms with Crippen LogP contribution in [0.15, 0.2) is 46.7 Å². The third-order valence-electron chi connectivity index (χ3n) is 5.68. The van der Waals surface area contributed by atoms with Gasteiger partial charge in [0.1, 0.15) is 0 Å². The van der Waals surface area contributed by atoms with Crippen molar-refractivity contribution in [2.75, 3.05) is 13.1 Å². The lowest BCUT2D eigenvalue weighted by atomic mass is 9.84. The monoisotopic (exact) mass is 380 g/mol. The molecule has 1 amide bonds. The summed E-state index contributed by atoms with van der Waals surface area (Å²) in [5, 5.41) is 0.801. The first-order chi connectivity index (χ1) is 13.2. The van der Waals surface area contributed by atoms with Gasteiger partial charge in [0.25, 0.3) is 5.91 Å². The number of hydrogen-bond acceptors (Lipinski definition) is 5. The molecule has 7 heteroatoms. The summed E-state index contributed by atoms with van der Waals surface area (Å²) in [4.78, 5) is 26.7. The fourth-order valence-corrected chi connectivity index (χ4v) is 5.13. The molecule has 1 saturated heterocycles. The number of amidine groups is 1. The lowest BCUT2D eigenvalue weighted by Crippen LogP contribution is -2.44. The van der Waals surface area contributed by atoms with E-state index in [1.165, 1.54) is 22.9 Å². The van der Waals surface area contributed by atoms with Gasteiger partial charge < -0.3 is 14.6 Å². The maximum Gasteiger partial charge on any atom is 0.286 e. The Kier molecular flexibility index (Phi) is 3.94. The number of ether oxygens (including phenoxy) is 1. The van der Waals surface area contributed by atoms with Gasteiger partial charge in [-0.3, -0.25) is 4.79 Å². The molecule has 0 aliphatic carbocycles. The molecule has 0 bridgehead atoms. The number of nitrogens with zero attached hydrogens (tertiary/aromatic N) is 3. The van der Waals surface area contributed by atoms with Gasteiger partial charge in [-0.25, -0.2) is 4.98 Å². The third kappa shape index (κ3) is 2.73. The molecule has 0 unspecified atom stereocenters. The fourth-order valence-electron chi connectivity index (χ4n) is 4.11. The Morgan fingerprint density at radius 3 is 2.89 bits per heavy atom. The van der Waals surface area contributed by atoms with Crippen molar-refractivity contribution in [3.63, 3.8) is 0 Å². The number of piperidine rings is 1. The Bertz CT molecular complexity index is 956. The van der Waals surface area contributed by atoms with E-state index in [0.717, 1.165) is 42.4 Å². The van der Waals surface area contributed by atoms with E-state index in [4.69, 9.17) is 4.74 Å². The first-order valence-electron chi connectivity index (χ1n) is 9.14. The zero-order valence-electron chi connectivity index (χ0n) is 15.1. The molecule has 3 aliphatic rings. The average Bonchev–Trinajstić information content (AvgIpc) is 3.43. The number of rotatable bonds is 1. The van der Waals surface area contributed by atoms with Crippen LogP contribution in [0.3, 0.4) is 0 Å². The zero-order valence-corrected chi connectivity index (χ0v) is 15.9. The molecule has 2 aromatic rings. The van der Waals surface area contributed by atoms with Crippen LogP contribution in [-0.2, 0) is 21.7 Å². The highest BCUT2D eigenvalue weighted by Crippen LogP contribution is 2.45. The molecule has 0 radical (unpaired) electrons. The van der Waals surface area contributed by atoms with E-state index in [1.807, 2.05) is 6.92 Å². The van der Waals surface area contributed by atoms with Gasteiger partial charge >= 0.3 is 0 Å². The summed E-state index contributed by atoms with van der Waals surface area (Å²) in [6, 6.07) is 8.51. The standard InChI is InChI=1S/C20H20N4O2S/c1-13(16-10-21-12-22-16)17-18(25)23-19(27-17)24-8-6-20(7-9-24)15-5-3-2-4-14(15)11-26-20/h2-5,10,12H,6-9,11H2,1H3,(H,21,22). The number of aromatic nitrogens is 2. The molecule has 1 spiro atoms. The van der Waals surface area contributed by atoms with Crippen LogP contribution >= 0.6 is 11.8 Å². The zero-order chi connectivity index (χ0) is 18.4. The Hall–Kier alpha value is -2.38. The van der Waals surface area contributed by atoms with Gasteiger partial charge in [0.2, 0.25) is 0 Å². The van der Waals surface area contributed by atoms with Crippen molar-refractivity contribution < 1.29 is 9.53 Å². The lowest BCUT2D eigenvalue weighted by molar-refractivity contribution is -0.113. The minimum atomic E-state index is -0.175. The van der Waals surface area contributed by atoms with E-state index in [1.54, 1.807) is 12.5 Å². The summed E-state index contributed by atoms with van der Waals surface area (Å²) in [6.07, 6.45) is 5.18. The number of aromatic amines is 1. The molecule has 3 aliphatic heterocycles. The quantitative estimate of drug-likeness (QED) is 0.769. The van der Waals surface area contributed by atoms with Gasteiger partial charge in [-0.15, -0.1) is 0 Å². The normalized spacial score (nSPS) is 22.9. The predicted molar refractivity (Wildman–Crippen MR) is 105 cm³/mol. The second-order valence-electron chi connectivity index (χ2n) is 7.15. The van der Waals surface area contributed by atoms with E-state index in [-0.39, 0.29) is 11.5 Å². The molecule has 0 atom stereocenters. The van der Waals surface area contributed by atoms with Gasteiger partial charge in [-0.2, -0.15) is 4.99 Å². The highest BCUT2D eigenvalue weighted by atomic mass is 32.2. The van der Waals surface area contributed by atoms with Crippen molar-refractivity contribution in [2.45, 2.75) is 32.0 Å². The number of nitrogens with one attached hydrogen (secondary N) is 1. The van der Waals surface area contributed by atoms with Crippen molar-refractivity contribution in [1.82, 2.24) is 14.9 Å². The SMILES string of the molecule is CC(=C1SC(N2CCC3(CC2)OCc2ccccc23)=NC1=O)c1cnc[nH]1. The molecule has 1 fully saturated rings. The lowest BCUT2D eigenvalue weighted by Gasteiger charge is -2.39. The maximum atomic E-state index is 12.4. The van der Waals surface area contributed by atoms with Crippen LogP contribution in [-0.4, -0.2) is 39.0 Å². The number of fused-ring (bicyclic) bond motifs is 2. The topological polar surface area (TPSA) is 70.6 Å². The van der Waals surface area contributed by atoms with Crippen LogP contribution in [0.2, 0.25) is 0 Å². The first-order valence-corrected chi connectivity index (χ1v) is 9.96. The highest BCUT2D eigenvalue weighted by Gasteiger charge is 2.43. The van der Waals surface area contributed by atoms with Gasteiger partial charge in [-0.1, -0.05) is 24.3 Å². The number of aliphatic imine (C=N–C) groups is 1. The van der Waals surface area contributed by atoms with Crippen LogP contribution in [0, 0.1) is 0 Å². The number of hydrogen-bond donors (Lipinski definition) is 1. The number of amides is 1. The number of carbonyl (C=O) groups is 1. The van der Waals surface area contributed by atoms with Gasteiger partial charge in [0.05, 0.1) is 35.3 Å². The van der Waals surface area contributed by atoms with E-state index in [2.05, 4.69) is 44.1 Å². The van der Waals surface area contributed by atoms with Gasteiger partial charge in [-0.05, 0) is 48.2 Å². The molecular weight excluding hydrogens is 360 g/mol. The first kappa shape index (κ1) is 16.8. The highest BCUT2D eigenvalue weighted by molar-refractivity contribution is 8.18. The summed E-state index contributed by atoms with van der Waals surface area (Å²) >= 11 is 1.47. The Balaban J connectivity index is 1.32. The van der Waals surface area contributed by atoms with E-state index in [0.29, 0.717) is 11.5 Å². The average molecular weight is 380 g/mol. The van der Waals surface area contributed by atoms with E-state index < -0.39 is 0 Å². The second-order valence-corrected chi connectivity index (χ2v) is 8.13. The minimum absolute atomic E-state index is 0.162. The van der Waals surface area contributed by atoms with Crippen molar-refractivity contribution in [3.05, 3.63) is 58.5 Å². The molecule has 4 heterocycles. The Labute approximate surface area is 161 Å². The smallest absolute Gasteiger partial charge is 0.286 e. The van der Waals surface area contributed by atoms with Crippen LogP contribution in [0.1, 0.15) is 36.6 Å². The van der Waals surface area contributed by atoms with Crippen molar-refractivity contribution in [2.24, 2.45) is 4.99 Å². The number of benzene rings is 1. The number of H-pyrrole nitrogens is 1. The molecule has 1 N–H and O–H groups in total. The van der Waals surface area contributed by atoms with Crippen molar-refractivity contribution in [3.8, 4) is 0 Å². The van der Waals surface area contributed by atoms with Crippen molar-refractivity contribution in [1.29, 1.82) is 0 Å². The van der Waals surface area contributed by atoms with Gasteiger partial charge in [0, 0.05) is 13.1 Å². The fraction of sp³-hybridized carbons (Fsp3) is 0.350. The summed E-state index contributed by atoms with van der Waals surface area (Å²) in [5.41, 5.74) is 4.20. The molecule has 0 saturated carbocycles. The van der Waals surface area contributed by atoms with Crippen LogP contribution < -0.4 is 0 Å². The summed E-state index contributed by atoms with van der Waals surface area (Å²) in [7, 11) is 0. The summed E-state index contributed by atoms with van der Waals surface area (Å²) in [5.74, 6) is -0.162. The Morgan fingerprint density at radius 2 is 2.11 bits per heavy atom. The van der Waals surface area contributed by atoms with Crippen LogP contribution in [0.4, 0.5) is 0 Å². The largest absolute Gasteiger partial charge is 0.365 e. The number of carbonyl (C=O) groups excluding carboxylic acids is 1. The maximum absolute atomic E-state index is 12.4. The van der Waals surface area contributed by atoms with Crippen molar-refractivity contribution >= 4 is 28.4 Å².